The molecule has 5 nitrogen and oxygen atoms in total. The van der Waals surface area contributed by atoms with E-state index in [9.17, 15) is 4.79 Å². The average molecular weight is 333 g/mol. The first-order chi connectivity index (χ1) is 10.8. The van der Waals surface area contributed by atoms with Crippen molar-refractivity contribution in [3.05, 3.63) is 50.5 Å². The Bertz CT molecular complexity index is 785. The number of nitrogens with zero attached hydrogens (tertiary/aromatic N) is 3. The van der Waals surface area contributed by atoms with E-state index in [-0.39, 0.29) is 5.76 Å². The Morgan fingerprint density at radius 3 is 2.77 bits per heavy atom. The molecule has 22 heavy (non-hydrogen) atoms. The van der Waals surface area contributed by atoms with Gasteiger partial charge in [0.1, 0.15) is 6.67 Å². The van der Waals surface area contributed by atoms with Gasteiger partial charge in [-0.1, -0.05) is 12.1 Å². The molecule has 1 aliphatic carbocycles. The highest BCUT2D eigenvalue weighted by Crippen LogP contribution is 2.29. The van der Waals surface area contributed by atoms with E-state index in [2.05, 4.69) is 27.5 Å². The lowest BCUT2D eigenvalue weighted by Gasteiger charge is -2.19. The van der Waals surface area contributed by atoms with Crippen LogP contribution in [-0.2, 0) is 13.2 Å². The first-order valence-corrected chi connectivity index (χ1v) is 8.94. The van der Waals surface area contributed by atoms with E-state index >= 15 is 0 Å². The second-order valence-corrected chi connectivity index (χ2v) is 7.33. The number of hydrogen-bond donors (Lipinski definition) is 0. The maximum atomic E-state index is 12.0. The third-order valence-corrected chi connectivity index (χ3v) is 5.38. The van der Waals surface area contributed by atoms with E-state index < -0.39 is 0 Å². The summed E-state index contributed by atoms with van der Waals surface area (Å²) in [5.74, 6) is 0.0205. The molecule has 3 heterocycles. The number of rotatable bonds is 6. The van der Waals surface area contributed by atoms with Crippen LogP contribution in [0.15, 0.2) is 44.2 Å². The van der Waals surface area contributed by atoms with Crippen molar-refractivity contribution in [2.24, 2.45) is 0 Å². The topological polar surface area (TPSA) is 51.3 Å². The number of aromatic nitrogens is 2. The van der Waals surface area contributed by atoms with Gasteiger partial charge in [-0.2, -0.15) is 4.68 Å². The Labute approximate surface area is 135 Å². The molecule has 1 saturated carbocycles. The van der Waals surface area contributed by atoms with Gasteiger partial charge in [0.2, 0.25) is 0 Å². The number of hydrogen-bond acceptors (Lipinski definition) is 6. The molecule has 0 aromatic carbocycles. The molecular weight excluding hydrogens is 318 g/mol. The zero-order valence-corrected chi connectivity index (χ0v) is 13.5. The lowest BCUT2D eigenvalue weighted by atomic mass is 10.4. The van der Waals surface area contributed by atoms with Crippen molar-refractivity contribution in [1.82, 2.24) is 14.7 Å². The summed E-state index contributed by atoms with van der Waals surface area (Å²) in [5.41, 5.74) is 0. The summed E-state index contributed by atoms with van der Waals surface area (Å²) in [6.07, 6.45) is 2.38. The SMILES string of the molecule is O=c1oc(-c2cccs2)nn1CN(Cc1cccs1)C1CC1. The molecule has 0 bridgehead atoms. The van der Waals surface area contributed by atoms with Gasteiger partial charge in [-0.05, 0) is 35.7 Å². The van der Waals surface area contributed by atoms with Gasteiger partial charge in [-0.15, -0.1) is 27.8 Å². The summed E-state index contributed by atoms with van der Waals surface area (Å²) in [4.78, 5) is 16.5. The van der Waals surface area contributed by atoms with E-state index in [0.717, 1.165) is 11.4 Å². The maximum Gasteiger partial charge on any atom is 0.438 e. The predicted octanol–water partition coefficient (Wildman–Crippen LogP) is 3.25. The second kappa shape index (κ2) is 5.83. The van der Waals surface area contributed by atoms with Crippen molar-refractivity contribution in [2.45, 2.75) is 32.1 Å². The number of thiophene rings is 2. The van der Waals surface area contributed by atoms with Crippen LogP contribution in [0.5, 0.6) is 0 Å². The molecule has 4 rings (SSSR count). The van der Waals surface area contributed by atoms with Crippen LogP contribution in [0.25, 0.3) is 10.8 Å². The fourth-order valence-electron chi connectivity index (χ4n) is 2.40. The van der Waals surface area contributed by atoms with E-state index in [4.69, 9.17) is 4.42 Å². The van der Waals surface area contributed by atoms with Crippen LogP contribution >= 0.6 is 22.7 Å². The minimum absolute atomic E-state index is 0.389. The highest BCUT2D eigenvalue weighted by atomic mass is 32.1. The van der Waals surface area contributed by atoms with Crippen molar-refractivity contribution in [1.29, 1.82) is 0 Å². The Hall–Kier alpha value is -1.70. The van der Waals surface area contributed by atoms with E-state index in [1.165, 1.54) is 33.7 Å². The molecule has 3 aromatic rings. The zero-order chi connectivity index (χ0) is 14.9. The van der Waals surface area contributed by atoms with Gasteiger partial charge >= 0.3 is 5.76 Å². The fraction of sp³-hybridized carbons (Fsp3) is 0.333. The van der Waals surface area contributed by atoms with Crippen molar-refractivity contribution in [2.75, 3.05) is 0 Å². The molecule has 1 aliphatic rings. The summed E-state index contributed by atoms with van der Waals surface area (Å²) in [7, 11) is 0. The van der Waals surface area contributed by atoms with Gasteiger partial charge in [0.25, 0.3) is 5.89 Å². The summed E-state index contributed by atoms with van der Waals surface area (Å²) in [5, 5.41) is 8.37. The smallest absolute Gasteiger partial charge is 0.387 e. The van der Waals surface area contributed by atoms with Gasteiger partial charge in [0.05, 0.1) is 4.88 Å². The van der Waals surface area contributed by atoms with Crippen LogP contribution < -0.4 is 5.76 Å². The lowest BCUT2D eigenvalue weighted by Crippen LogP contribution is -2.32. The summed E-state index contributed by atoms with van der Waals surface area (Å²) >= 11 is 3.26. The second-order valence-electron chi connectivity index (χ2n) is 5.35. The lowest BCUT2D eigenvalue weighted by molar-refractivity contribution is 0.183. The van der Waals surface area contributed by atoms with Gasteiger partial charge < -0.3 is 4.42 Å². The van der Waals surface area contributed by atoms with Crippen LogP contribution in [-0.4, -0.2) is 20.7 Å². The van der Waals surface area contributed by atoms with Gasteiger partial charge in [0.15, 0.2) is 0 Å². The van der Waals surface area contributed by atoms with Crippen LogP contribution in [0.3, 0.4) is 0 Å². The van der Waals surface area contributed by atoms with Gasteiger partial charge in [0, 0.05) is 17.5 Å². The fourth-order valence-corrected chi connectivity index (χ4v) is 3.78. The highest BCUT2D eigenvalue weighted by Gasteiger charge is 2.30. The standard InChI is InChI=1S/C15H15N3O2S2/c19-15-18(16-14(20-15)13-4-2-8-22-13)10-17(11-5-6-11)9-12-3-1-7-21-12/h1-4,7-8,11H,5-6,9-10H2. The Balaban J connectivity index is 1.55. The molecule has 3 aromatic heterocycles. The first kappa shape index (κ1) is 13.9. The summed E-state index contributed by atoms with van der Waals surface area (Å²) in [6, 6.07) is 8.57. The van der Waals surface area contributed by atoms with Crippen molar-refractivity contribution < 1.29 is 4.42 Å². The van der Waals surface area contributed by atoms with Crippen LogP contribution in [0, 0.1) is 0 Å². The van der Waals surface area contributed by atoms with Crippen LogP contribution in [0.2, 0.25) is 0 Å². The van der Waals surface area contributed by atoms with Crippen LogP contribution in [0.4, 0.5) is 0 Å². The molecule has 0 saturated heterocycles. The monoisotopic (exact) mass is 333 g/mol. The van der Waals surface area contributed by atoms with Gasteiger partial charge in [-0.25, -0.2) is 4.79 Å². The van der Waals surface area contributed by atoms with Crippen molar-refractivity contribution in [3.8, 4) is 10.8 Å². The molecule has 0 amide bonds. The largest absolute Gasteiger partial charge is 0.438 e. The molecule has 0 atom stereocenters. The molecule has 0 spiro atoms. The zero-order valence-electron chi connectivity index (χ0n) is 11.8. The average Bonchev–Trinajstić information content (AvgIpc) is 2.95. The molecule has 0 N–H and O–H groups in total. The molecule has 0 radical (unpaired) electrons. The molecule has 7 heteroatoms. The molecule has 114 valence electrons. The summed E-state index contributed by atoms with van der Waals surface area (Å²) < 4.78 is 6.71. The Kier molecular flexibility index (Phi) is 3.69. The molecular formula is C15H15N3O2S2. The predicted molar refractivity (Wildman–Crippen MR) is 87.0 cm³/mol. The van der Waals surface area contributed by atoms with Crippen molar-refractivity contribution >= 4 is 22.7 Å². The van der Waals surface area contributed by atoms with E-state index in [1.54, 1.807) is 11.3 Å². The van der Waals surface area contributed by atoms with E-state index in [0.29, 0.717) is 18.6 Å². The Morgan fingerprint density at radius 1 is 1.27 bits per heavy atom. The highest BCUT2D eigenvalue weighted by molar-refractivity contribution is 7.13. The normalized spacial score (nSPS) is 14.8. The van der Waals surface area contributed by atoms with E-state index in [1.807, 2.05) is 17.5 Å². The molecule has 0 unspecified atom stereocenters. The Morgan fingerprint density at radius 2 is 2.09 bits per heavy atom. The first-order valence-electron chi connectivity index (χ1n) is 7.18. The quantitative estimate of drug-likeness (QED) is 0.695. The third-order valence-electron chi connectivity index (χ3n) is 3.66. The minimum Gasteiger partial charge on any atom is -0.387 e. The molecule has 0 aliphatic heterocycles. The molecule has 1 fully saturated rings. The van der Waals surface area contributed by atoms with Gasteiger partial charge in [-0.3, -0.25) is 4.90 Å². The summed E-state index contributed by atoms with van der Waals surface area (Å²) in [6.45, 7) is 1.34. The van der Waals surface area contributed by atoms with Crippen LogP contribution in [0.1, 0.15) is 17.7 Å². The third kappa shape index (κ3) is 2.92. The van der Waals surface area contributed by atoms with Crippen molar-refractivity contribution in [3.63, 3.8) is 0 Å². The minimum atomic E-state index is -0.389. The maximum absolute atomic E-state index is 12.0.